The number of hydrogen-bond donors (Lipinski definition) is 3. The monoisotopic (exact) mass is 234 g/mol. The molecule has 1 atom stereocenters. The van der Waals surface area contributed by atoms with Gasteiger partial charge in [0.25, 0.3) is 0 Å². The van der Waals surface area contributed by atoms with Gasteiger partial charge in [-0.05, 0) is 6.92 Å². The number of rotatable bonds is 1. The van der Waals surface area contributed by atoms with Gasteiger partial charge in [-0.3, -0.25) is 5.10 Å². The number of fused-ring (bicyclic) bond motifs is 3. The number of carbonyl (C=O) groups is 1. The molecule has 0 fully saturated rings. The minimum Gasteiger partial charge on any atom is -0.477 e. The fourth-order valence-electron chi connectivity index (χ4n) is 2.23. The number of aromatic amines is 1. The normalized spacial score (nSPS) is 17.6. The van der Waals surface area contributed by atoms with Gasteiger partial charge in [-0.15, -0.1) is 0 Å². The number of aromatic carboxylic acids is 1. The Hall–Kier alpha value is -2.15. The lowest BCUT2D eigenvalue weighted by Crippen LogP contribution is -2.20. The molecule has 1 unspecified atom stereocenters. The Kier molecular flexibility index (Phi) is 1.87. The Bertz CT molecular complexity index is 613. The first kappa shape index (κ1) is 10.0. The first-order valence-corrected chi connectivity index (χ1v) is 5.12. The van der Waals surface area contributed by atoms with Crippen LogP contribution in [0.3, 0.4) is 0 Å². The summed E-state index contributed by atoms with van der Waals surface area (Å²) in [6, 6.07) is -0.435. The van der Waals surface area contributed by atoms with Crippen molar-refractivity contribution in [3.63, 3.8) is 0 Å². The predicted molar refractivity (Wildman–Crippen MR) is 56.4 cm³/mol. The van der Waals surface area contributed by atoms with Crippen LogP contribution in [0.25, 0.3) is 11.3 Å². The van der Waals surface area contributed by atoms with Crippen molar-refractivity contribution in [2.24, 2.45) is 5.73 Å². The van der Waals surface area contributed by atoms with Crippen molar-refractivity contribution in [2.75, 3.05) is 0 Å². The van der Waals surface area contributed by atoms with Crippen molar-refractivity contribution >= 4 is 5.97 Å². The fraction of sp³-hybridized carbons (Fsp3) is 0.300. The van der Waals surface area contributed by atoms with Crippen molar-refractivity contribution in [3.05, 3.63) is 22.7 Å². The van der Waals surface area contributed by atoms with Crippen molar-refractivity contribution in [1.82, 2.24) is 15.4 Å². The summed E-state index contributed by atoms with van der Waals surface area (Å²) in [5.41, 5.74) is 8.49. The molecule has 2 aromatic heterocycles. The summed E-state index contributed by atoms with van der Waals surface area (Å²) in [7, 11) is 0. The van der Waals surface area contributed by atoms with Gasteiger partial charge in [0.05, 0.1) is 11.3 Å². The molecule has 1 aliphatic carbocycles. The minimum atomic E-state index is -1.06. The van der Waals surface area contributed by atoms with Gasteiger partial charge in [0.1, 0.15) is 17.1 Å². The van der Waals surface area contributed by atoms with E-state index in [1.165, 1.54) is 0 Å². The lowest BCUT2D eigenvalue weighted by atomic mass is 9.89. The zero-order chi connectivity index (χ0) is 12.2. The second-order valence-electron chi connectivity index (χ2n) is 4.04. The van der Waals surface area contributed by atoms with E-state index in [0.29, 0.717) is 29.1 Å². The molecule has 17 heavy (non-hydrogen) atoms. The zero-order valence-electron chi connectivity index (χ0n) is 9.02. The maximum absolute atomic E-state index is 11.0. The van der Waals surface area contributed by atoms with Gasteiger partial charge in [-0.2, -0.15) is 5.10 Å². The summed E-state index contributed by atoms with van der Waals surface area (Å²) in [5, 5.41) is 19.4. The average Bonchev–Trinajstić information content (AvgIpc) is 2.82. The molecule has 1 aliphatic rings. The maximum atomic E-state index is 11.0. The molecule has 4 N–H and O–H groups in total. The summed E-state index contributed by atoms with van der Waals surface area (Å²) in [6.07, 6.45) is 0.434. The predicted octanol–water partition coefficient (Wildman–Crippen LogP) is 0.627. The summed E-state index contributed by atoms with van der Waals surface area (Å²) in [5.74, 6) is -0.405. The molecule has 0 amide bonds. The molecule has 0 saturated heterocycles. The highest BCUT2D eigenvalue weighted by Gasteiger charge is 2.34. The molecule has 0 spiro atoms. The Labute approximate surface area is 95.6 Å². The highest BCUT2D eigenvalue weighted by atomic mass is 16.5. The van der Waals surface area contributed by atoms with Gasteiger partial charge >= 0.3 is 5.97 Å². The van der Waals surface area contributed by atoms with Crippen LogP contribution in [0.5, 0.6) is 0 Å². The molecule has 0 saturated carbocycles. The highest BCUT2D eigenvalue weighted by molar-refractivity contribution is 5.90. The molecule has 2 heterocycles. The second kappa shape index (κ2) is 3.17. The van der Waals surface area contributed by atoms with Gasteiger partial charge < -0.3 is 15.4 Å². The third kappa shape index (κ3) is 1.22. The average molecular weight is 234 g/mol. The Balaban J connectivity index is 2.30. The molecule has 2 aromatic rings. The van der Waals surface area contributed by atoms with Crippen LogP contribution in [0.1, 0.15) is 33.5 Å². The molecule has 0 aromatic carbocycles. The van der Waals surface area contributed by atoms with Crippen LogP contribution < -0.4 is 5.73 Å². The van der Waals surface area contributed by atoms with Crippen molar-refractivity contribution in [2.45, 2.75) is 19.4 Å². The smallest absolute Gasteiger partial charge is 0.354 e. The first-order valence-electron chi connectivity index (χ1n) is 5.12. The highest BCUT2D eigenvalue weighted by Crippen LogP contribution is 2.39. The number of hydrogen-bond acceptors (Lipinski definition) is 5. The van der Waals surface area contributed by atoms with Gasteiger partial charge in [0.15, 0.2) is 0 Å². The van der Waals surface area contributed by atoms with Crippen molar-refractivity contribution in [1.29, 1.82) is 0 Å². The fourth-order valence-corrected chi connectivity index (χ4v) is 2.23. The summed E-state index contributed by atoms with van der Waals surface area (Å²) < 4.78 is 5.15. The van der Waals surface area contributed by atoms with Crippen LogP contribution in [-0.4, -0.2) is 26.4 Å². The molecule has 0 radical (unpaired) electrons. The van der Waals surface area contributed by atoms with Crippen molar-refractivity contribution < 1.29 is 14.4 Å². The number of carboxylic acid groups (broad SMARTS) is 1. The number of nitrogens with zero attached hydrogens (tertiary/aromatic N) is 2. The zero-order valence-corrected chi connectivity index (χ0v) is 9.02. The van der Waals surface area contributed by atoms with E-state index in [9.17, 15) is 4.79 Å². The summed E-state index contributed by atoms with van der Waals surface area (Å²) >= 11 is 0. The van der Waals surface area contributed by atoms with Crippen LogP contribution in [0.15, 0.2) is 4.52 Å². The topological polar surface area (TPSA) is 118 Å². The van der Waals surface area contributed by atoms with Gasteiger partial charge in [-0.1, -0.05) is 5.16 Å². The largest absolute Gasteiger partial charge is 0.477 e. The number of aromatic nitrogens is 3. The SMILES string of the molecule is Cc1noc2c1-c1n[nH]c(C(=O)O)c1C(N)C2. The second-order valence-corrected chi connectivity index (χ2v) is 4.04. The molecule has 0 bridgehead atoms. The Morgan fingerprint density at radius 3 is 3.12 bits per heavy atom. The molecular weight excluding hydrogens is 224 g/mol. The molecule has 3 rings (SSSR count). The van der Waals surface area contributed by atoms with Gasteiger partial charge in [0.2, 0.25) is 0 Å². The lowest BCUT2D eigenvalue weighted by Gasteiger charge is -2.16. The van der Waals surface area contributed by atoms with E-state index in [2.05, 4.69) is 15.4 Å². The number of H-pyrrole nitrogens is 1. The molecule has 7 heteroatoms. The summed E-state index contributed by atoms with van der Waals surface area (Å²) in [6.45, 7) is 1.79. The number of nitrogens with two attached hydrogens (primary N) is 1. The van der Waals surface area contributed by atoms with Crippen LogP contribution in [0.2, 0.25) is 0 Å². The number of nitrogens with one attached hydrogen (secondary N) is 1. The Morgan fingerprint density at radius 1 is 1.65 bits per heavy atom. The van der Waals surface area contributed by atoms with E-state index in [1.54, 1.807) is 6.92 Å². The molecule has 7 nitrogen and oxygen atoms in total. The molecule has 88 valence electrons. The minimum absolute atomic E-state index is 0.0405. The lowest BCUT2D eigenvalue weighted by molar-refractivity contribution is 0.0688. The van der Waals surface area contributed by atoms with Crippen LogP contribution in [0, 0.1) is 6.92 Å². The van der Waals surface area contributed by atoms with E-state index in [1.807, 2.05) is 0 Å². The van der Waals surface area contributed by atoms with E-state index < -0.39 is 12.0 Å². The van der Waals surface area contributed by atoms with Gasteiger partial charge in [-0.25, -0.2) is 4.79 Å². The third-order valence-electron chi connectivity index (χ3n) is 2.96. The third-order valence-corrected chi connectivity index (χ3v) is 2.96. The Morgan fingerprint density at radius 2 is 2.41 bits per heavy atom. The van der Waals surface area contributed by atoms with E-state index in [0.717, 1.165) is 5.56 Å². The van der Waals surface area contributed by atoms with Crippen molar-refractivity contribution in [3.8, 4) is 11.3 Å². The van der Waals surface area contributed by atoms with Crippen LogP contribution in [-0.2, 0) is 6.42 Å². The van der Waals surface area contributed by atoms with Gasteiger partial charge in [0, 0.05) is 18.0 Å². The molecular formula is C10H10N4O3. The van der Waals surface area contributed by atoms with Crippen LogP contribution in [0.4, 0.5) is 0 Å². The number of carboxylic acids is 1. The van der Waals surface area contributed by atoms with E-state index >= 15 is 0 Å². The van der Waals surface area contributed by atoms with E-state index in [-0.39, 0.29) is 5.69 Å². The maximum Gasteiger partial charge on any atom is 0.354 e. The quantitative estimate of drug-likeness (QED) is 0.665. The first-order chi connectivity index (χ1) is 8.09. The van der Waals surface area contributed by atoms with E-state index in [4.69, 9.17) is 15.4 Å². The molecule has 0 aliphatic heterocycles. The van der Waals surface area contributed by atoms with Crippen LogP contribution >= 0.6 is 0 Å². The number of aryl methyl sites for hydroxylation is 1. The standard InChI is InChI=1S/C10H10N4O3/c1-3-6-5(17-14-3)2-4(11)7-8(6)12-13-9(7)10(15)16/h4H,2,11H2,1H3,(H,12,13)(H,15,16). The summed E-state index contributed by atoms with van der Waals surface area (Å²) in [4.78, 5) is 11.0.